The molecule has 0 amide bonds. The van der Waals surface area contributed by atoms with Gasteiger partial charge in [0.05, 0.1) is 6.33 Å². The minimum Gasteiger partial charge on any atom is -0.340 e. The number of aromatic amines is 1. The number of fused-ring (bicyclic) bond motifs is 1. The van der Waals surface area contributed by atoms with E-state index >= 15 is 0 Å². The Morgan fingerprint density at radius 3 is 2.94 bits per heavy atom. The lowest BCUT2D eigenvalue weighted by molar-refractivity contribution is 0.628. The van der Waals surface area contributed by atoms with Crippen LogP contribution in [0.2, 0.25) is 0 Å². The first-order valence-electron chi connectivity index (χ1n) is 5.39. The Labute approximate surface area is 102 Å². The average molecular weight is 243 g/mol. The summed E-state index contributed by atoms with van der Waals surface area (Å²) < 4.78 is 13.2. The van der Waals surface area contributed by atoms with Gasteiger partial charge < -0.3 is 9.88 Å². The number of aromatic nitrogens is 4. The van der Waals surface area contributed by atoms with Crippen molar-refractivity contribution >= 4 is 22.7 Å². The molecule has 0 saturated heterocycles. The molecule has 2 heterocycles. The Morgan fingerprint density at radius 2 is 2.11 bits per heavy atom. The summed E-state index contributed by atoms with van der Waals surface area (Å²) >= 11 is 0. The molecule has 0 radical (unpaired) electrons. The molecule has 0 aliphatic carbocycles. The standard InChI is InChI=1S/C12H10FN5/c1-18(9-4-2-3-8(13)5-9)12-10-11(15-6-14-10)16-7-17-12/h2-7H,1H3,(H,14,15,16,17). The van der Waals surface area contributed by atoms with E-state index < -0.39 is 0 Å². The molecule has 1 N–H and O–H groups in total. The van der Waals surface area contributed by atoms with E-state index in [0.29, 0.717) is 17.2 Å². The fraction of sp³-hybridized carbons (Fsp3) is 0.0833. The van der Waals surface area contributed by atoms with Crippen molar-refractivity contribution in [2.24, 2.45) is 0 Å². The quantitative estimate of drug-likeness (QED) is 0.750. The number of nitrogens with zero attached hydrogens (tertiary/aromatic N) is 4. The normalized spacial score (nSPS) is 10.8. The largest absolute Gasteiger partial charge is 0.340 e. The van der Waals surface area contributed by atoms with Crippen LogP contribution in [0.5, 0.6) is 0 Å². The van der Waals surface area contributed by atoms with Gasteiger partial charge in [-0.3, -0.25) is 0 Å². The van der Waals surface area contributed by atoms with Gasteiger partial charge in [-0.2, -0.15) is 0 Å². The second kappa shape index (κ2) is 4.06. The van der Waals surface area contributed by atoms with Gasteiger partial charge in [-0.05, 0) is 18.2 Å². The molecule has 90 valence electrons. The van der Waals surface area contributed by atoms with Crippen LogP contribution in [-0.2, 0) is 0 Å². The number of halogens is 1. The molecule has 0 aliphatic heterocycles. The van der Waals surface area contributed by atoms with Crippen molar-refractivity contribution in [3.63, 3.8) is 0 Å². The van der Waals surface area contributed by atoms with E-state index in [2.05, 4.69) is 19.9 Å². The molecule has 2 aromatic heterocycles. The molecule has 18 heavy (non-hydrogen) atoms. The van der Waals surface area contributed by atoms with Gasteiger partial charge in [0.1, 0.15) is 17.7 Å². The van der Waals surface area contributed by atoms with E-state index in [-0.39, 0.29) is 5.82 Å². The molecule has 3 rings (SSSR count). The lowest BCUT2D eigenvalue weighted by Crippen LogP contribution is -2.12. The highest BCUT2D eigenvalue weighted by Gasteiger charge is 2.12. The monoisotopic (exact) mass is 243 g/mol. The maximum absolute atomic E-state index is 13.2. The van der Waals surface area contributed by atoms with E-state index in [0.717, 1.165) is 5.52 Å². The molecule has 0 unspecified atom stereocenters. The van der Waals surface area contributed by atoms with Crippen molar-refractivity contribution < 1.29 is 4.39 Å². The fourth-order valence-corrected chi connectivity index (χ4v) is 1.81. The molecule has 0 saturated carbocycles. The Hall–Kier alpha value is -2.50. The topological polar surface area (TPSA) is 57.7 Å². The smallest absolute Gasteiger partial charge is 0.182 e. The van der Waals surface area contributed by atoms with Gasteiger partial charge in [-0.1, -0.05) is 6.07 Å². The Morgan fingerprint density at radius 1 is 1.22 bits per heavy atom. The number of hydrogen-bond donors (Lipinski definition) is 1. The van der Waals surface area contributed by atoms with Crippen LogP contribution in [0.3, 0.4) is 0 Å². The Balaban J connectivity index is 2.12. The third kappa shape index (κ3) is 1.67. The van der Waals surface area contributed by atoms with E-state index in [9.17, 15) is 4.39 Å². The highest BCUT2D eigenvalue weighted by Crippen LogP contribution is 2.26. The summed E-state index contributed by atoms with van der Waals surface area (Å²) in [5.74, 6) is 0.373. The van der Waals surface area contributed by atoms with Crippen LogP contribution in [0, 0.1) is 5.82 Å². The summed E-state index contributed by atoms with van der Waals surface area (Å²) in [6.45, 7) is 0. The first-order chi connectivity index (χ1) is 8.75. The summed E-state index contributed by atoms with van der Waals surface area (Å²) in [4.78, 5) is 17.1. The minimum atomic E-state index is -0.283. The number of benzene rings is 1. The highest BCUT2D eigenvalue weighted by atomic mass is 19.1. The molecule has 0 fully saturated rings. The van der Waals surface area contributed by atoms with Gasteiger partial charge in [0, 0.05) is 12.7 Å². The van der Waals surface area contributed by atoms with E-state index in [4.69, 9.17) is 0 Å². The van der Waals surface area contributed by atoms with Crippen molar-refractivity contribution in [3.05, 3.63) is 42.7 Å². The van der Waals surface area contributed by atoms with E-state index in [1.54, 1.807) is 17.3 Å². The maximum Gasteiger partial charge on any atom is 0.182 e. The second-order valence-electron chi connectivity index (χ2n) is 3.84. The first kappa shape index (κ1) is 10.6. The van der Waals surface area contributed by atoms with Crippen LogP contribution >= 0.6 is 0 Å². The van der Waals surface area contributed by atoms with Crippen molar-refractivity contribution in [3.8, 4) is 0 Å². The van der Waals surface area contributed by atoms with Crippen LogP contribution < -0.4 is 4.90 Å². The third-order valence-electron chi connectivity index (χ3n) is 2.72. The number of imidazole rings is 1. The molecular formula is C12H10FN5. The average Bonchev–Trinajstić information content (AvgIpc) is 2.86. The lowest BCUT2D eigenvalue weighted by atomic mass is 10.3. The summed E-state index contributed by atoms with van der Waals surface area (Å²) in [7, 11) is 1.82. The number of rotatable bonds is 2. The summed E-state index contributed by atoms with van der Waals surface area (Å²) in [5.41, 5.74) is 2.03. The number of hydrogen-bond acceptors (Lipinski definition) is 4. The molecular weight excluding hydrogens is 233 g/mol. The van der Waals surface area contributed by atoms with Gasteiger partial charge in [0.15, 0.2) is 11.5 Å². The van der Waals surface area contributed by atoms with Crippen LogP contribution in [0.1, 0.15) is 0 Å². The van der Waals surface area contributed by atoms with Crippen LogP contribution in [0.15, 0.2) is 36.9 Å². The zero-order chi connectivity index (χ0) is 12.5. The zero-order valence-electron chi connectivity index (χ0n) is 9.63. The van der Waals surface area contributed by atoms with Crippen molar-refractivity contribution in [2.45, 2.75) is 0 Å². The van der Waals surface area contributed by atoms with Crippen LogP contribution in [0.4, 0.5) is 15.9 Å². The second-order valence-corrected chi connectivity index (χ2v) is 3.84. The molecule has 0 aliphatic rings. The molecule has 0 bridgehead atoms. The number of nitrogens with one attached hydrogen (secondary N) is 1. The third-order valence-corrected chi connectivity index (χ3v) is 2.72. The molecule has 0 atom stereocenters. The first-order valence-corrected chi connectivity index (χ1v) is 5.39. The Kier molecular flexibility index (Phi) is 2.40. The molecule has 1 aromatic carbocycles. The molecule has 5 nitrogen and oxygen atoms in total. The Bertz CT molecular complexity index is 694. The van der Waals surface area contributed by atoms with Crippen molar-refractivity contribution in [2.75, 3.05) is 11.9 Å². The summed E-state index contributed by atoms with van der Waals surface area (Å²) in [5, 5.41) is 0. The number of anilines is 2. The van der Waals surface area contributed by atoms with E-state index in [1.807, 2.05) is 13.1 Å². The van der Waals surface area contributed by atoms with Gasteiger partial charge in [0.25, 0.3) is 0 Å². The maximum atomic E-state index is 13.2. The van der Waals surface area contributed by atoms with Gasteiger partial charge in [-0.15, -0.1) is 0 Å². The van der Waals surface area contributed by atoms with Gasteiger partial charge in [-0.25, -0.2) is 19.3 Å². The minimum absolute atomic E-state index is 0.283. The van der Waals surface area contributed by atoms with Crippen molar-refractivity contribution in [1.29, 1.82) is 0 Å². The zero-order valence-corrected chi connectivity index (χ0v) is 9.63. The predicted molar refractivity (Wildman–Crippen MR) is 66.1 cm³/mol. The summed E-state index contributed by atoms with van der Waals surface area (Å²) in [6, 6.07) is 6.33. The van der Waals surface area contributed by atoms with E-state index in [1.165, 1.54) is 18.5 Å². The van der Waals surface area contributed by atoms with Crippen LogP contribution in [0.25, 0.3) is 11.2 Å². The molecule has 6 heteroatoms. The molecule has 3 aromatic rings. The van der Waals surface area contributed by atoms with Gasteiger partial charge in [0.2, 0.25) is 0 Å². The SMILES string of the molecule is CN(c1cccc(F)c1)c1ncnc2nc[nH]c12. The highest BCUT2D eigenvalue weighted by molar-refractivity contribution is 5.85. The lowest BCUT2D eigenvalue weighted by Gasteiger charge is -2.18. The predicted octanol–water partition coefficient (Wildman–Crippen LogP) is 2.26. The fourth-order valence-electron chi connectivity index (χ4n) is 1.81. The summed E-state index contributed by atoms with van der Waals surface area (Å²) in [6.07, 6.45) is 3.00. The van der Waals surface area contributed by atoms with Crippen LogP contribution in [-0.4, -0.2) is 27.0 Å². The van der Waals surface area contributed by atoms with Gasteiger partial charge >= 0.3 is 0 Å². The number of H-pyrrole nitrogens is 1. The van der Waals surface area contributed by atoms with Crippen molar-refractivity contribution in [1.82, 2.24) is 19.9 Å². The molecule has 0 spiro atoms.